The fraction of sp³-hybridized carbons (Fsp3) is 0.583. The molecule has 0 aliphatic carbocycles. The molecule has 0 aliphatic rings. The van der Waals surface area contributed by atoms with Crippen molar-refractivity contribution in [2.45, 2.75) is 32.7 Å². The van der Waals surface area contributed by atoms with Crippen LogP contribution < -0.4 is 10.6 Å². The highest BCUT2D eigenvalue weighted by molar-refractivity contribution is 5.84. The second-order valence-electron chi connectivity index (χ2n) is 5.01. The molecule has 0 aromatic carbocycles. The van der Waals surface area contributed by atoms with Crippen LogP contribution in [0.4, 0.5) is 11.8 Å². The van der Waals surface area contributed by atoms with Gasteiger partial charge < -0.3 is 20.7 Å². The second kappa shape index (κ2) is 5.40. The molecule has 2 heterocycles. The Morgan fingerprint density at radius 3 is 2.84 bits per heavy atom. The molecule has 0 spiro atoms. The fourth-order valence-corrected chi connectivity index (χ4v) is 1.82. The van der Waals surface area contributed by atoms with Gasteiger partial charge in [0.25, 0.3) is 0 Å². The first-order valence-electron chi connectivity index (χ1n) is 6.40. The number of nitrogens with zero attached hydrogens (tertiary/aromatic N) is 3. The smallest absolute Gasteiger partial charge is 0.226 e. The van der Waals surface area contributed by atoms with Crippen molar-refractivity contribution in [2.75, 3.05) is 23.8 Å². The Morgan fingerprint density at radius 1 is 1.37 bits per heavy atom. The number of hydrogen-bond donors (Lipinski definition) is 4. The number of imidazole rings is 1. The standard InChI is InChI=1S/C12H20N6O/c1-4-13-11-16-9-8(14-7-15-9)10(17-11)18-12(2,3)5-6-19/h7,19H,4-6H2,1-3H3,(H3,13,14,15,16,17,18). The maximum Gasteiger partial charge on any atom is 0.226 e. The lowest BCUT2D eigenvalue weighted by atomic mass is 10.0. The van der Waals surface area contributed by atoms with Crippen LogP contribution in [-0.4, -0.2) is 43.7 Å². The third-order valence-electron chi connectivity index (χ3n) is 2.81. The van der Waals surface area contributed by atoms with Gasteiger partial charge in [0.05, 0.1) is 6.33 Å². The molecular weight excluding hydrogens is 244 g/mol. The van der Waals surface area contributed by atoms with Crippen LogP contribution in [0.3, 0.4) is 0 Å². The van der Waals surface area contributed by atoms with E-state index in [1.807, 2.05) is 20.8 Å². The molecule has 0 radical (unpaired) electrons. The molecule has 104 valence electrons. The maximum atomic E-state index is 9.09. The highest BCUT2D eigenvalue weighted by Gasteiger charge is 2.20. The van der Waals surface area contributed by atoms with Gasteiger partial charge in [-0.05, 0) is 27.2 Å². The summed E-state index contributed by atoms with van der Waals surface area (Å²) in [5.41, 5.74) is 1.13. The SMILES string of the molecule is CCNc1nc(NC(C)(C)CCO)c2[nH]cnc2n1. The first-order chi connectivity index (χ1) is 9.05. The molecule has 0 bridgehead atoms. The Bertz CT molecular complexity index is 550. The molecule has 19 heavy (non-hydrogen) atoms. The number of nitrogens with one attached hydrogen (secondary N) is 3. The van der Waals surface area contributed by atoms with E-state index in [-0.39, 0.29) is 12.1 Å². The van der Waals surface area contributed by atoms with Gasteiger partial charge in [-0.15, -0.1) is 0 Å². The topological polar surface area (TPSA) is 98.8 Å². The maximum absolute atomic E-state index is 9.09. The van der Waals surface area contributed by atoms with E-state index in [0.29, 0.717) is 23.8 Å². The van der Waals surface area contributed by atoms with Crippen molar-refractivity contribution < 1.29 is 5.11 Å². The summed E-state index contributed by atoms with van der Waals surface area (Å²) >= 11 is 0. The van der Waals surface area contributed by atoms with Crippen LogP contribution in [0.5, 0.6) is 0 Å². The molecule has 0 amide bonds. The first kappa shape index (κ1) is 13.5. The number of aromatic amines is 1. The zero-order valence-corrected chi connectivity index (χ0v) is 11.5. The highest BCUT2D eigenvalue weighted by Crippen LogP contribution is 2.23. The van der Waals surface area contributed by atoms with Gasteiger partial charge in [0.2, 0.25) is 5.95 Å². The highest BCUT2D eigenvalue weighted by atomic mass is 16.3. The number of aromatic nitrogens is 4. The summed E-state index contributed by atoms with van der Waals surface area (Å²) in [6.07, 6.45) is 2.22. The van der Waals surface area contributed by atoms with Crippen molar-refractivity contribution in [2.24, 2.45) is 0 Å². The van der Waals surface area contributed by atoms with E-state index in [4.69, 9.17) is 5.11 Å². The van der Waals surface area contributed by atoms with Crippen LogP contribution in [0.2, 0.25) is 0 Å². The number of aliphatic hydroxyl groups is 1. The fourth-order valence-electron chi connectivity index (χ4n) is 1.82. The Morgan fingerprint density at radius 2 is 2.16 bits per heavy atom. The Labute approximate surface area is 111 Å². The Balaban J connectivity index is 2.37. The molecule has 4 N–H and O–H groups in total. The van der Waals surface area contributed by atoms with Crippen LogP contribution in [0.1, 0.15) is 27.2 Å². The number of rotatable bonds is 6. The van der Waals surface area contributed by atoms with Crippen molar-refractivity contribution in [3.8, 4) is 0 Å². The normalized spacial score (nSPS) is 11.8. The molecule has 0 fully saturated rings. The number of fused-ring (bicyclic) bond motifs is 1. The molecule has 2 aromatic rings. The average molecular weight is 264 g/mol. The van der Waals surface area contributed by atoms with Gasteiger partial charge in [0, 0.05) is 18.7 Å². The van der Waals surface area contributed by atoms with Crippen molar-refractivity contribution >= 4 is 22.9 Å². The summed E-state index contributed by atoms with van der Waals surface area (Å²) in [6, 6.07) is 0. The van der Waals surface area contributed by atoms with E-state index in [0.717, 1.165) is 12.1 Å². The van der Waals surface area contributed by atoms with Crippen LogP contribution in [0, 0.1) is 0 Å². The van der Waals surface area contributed by atoms with Crippen LogP contribution >= 0.6 is 0 Å². The van der Waals surface area contributed by atoms with E-state index < -0.39 is 0 Å². The van der Waals surface area contributed by atoms with Crippen LogP contribution in [-0.2, 0) is 0 Å². The minimum absolute atomic E-state index is 0.122. The summed E-state index contributed by atoms with van der Waals surface area (Å²) < 4.78 is 0. The number of hydrogen-bond acceptors (Lipinski definition) is 6. The molecule has 0 saturated heterocycles. The van der Waals surface area contributed by atoms with Gasteiger partial charge in [-0.2, -0.15) is 9.97 Å². The summed E-state index contributed by atoms with van der Waals surface area (Å²) in [6.45, 7) is 6.88. The molecular formula is C12H20N6O. The molecule has 0 aliphatic heterocycles. The molecule has 0 unspecified atom stereocenters. The number of anilines is 2. The minimum atomic E-state index is -0.259. The van der Waals surface area contributed by atoms with Crippen molar-refractivity contribution in [1.29, 1.82) is 0 Å². The van der Waals surface area contributed by atoms with Gasteiger partial charge in [0.1, 0.15) is 5.52 Å². The Hall–Kier alpha value is -1.89. The predicted octanol–water partition coefficient (Wildman–Crippen LogP) is 1.36. The molecule has 7 nitrogen and oxygen atoms in total. The van der Waals surface area contributed by atoms with Gasteiger partial charge in [-0.25, -0.2) is 4.98 Å². The molecule has 2 rings (SSSR count). The van der Waals surface area contributed by atoms with Gasteiger partial charge in [-0.3, -0.25) is 0 Å². The Kier molecular flexibility index (Phi) is 3.84. The van der Waals surface area contributed by atoms with E-state index >= 15 is 0 Å². The minimum Gasteiger partial charge on any atom is -0.396 e. The van der Waals surface area contributed by atoms with Gasteiger partial charge in [-0.1, -0.05) is 0 Å². The predicted molar refractivity (Wildman–Crippen MR) is 75.3 cm³/mol. The zero-order valence-electron chi connectivity index (χ0n) is 11.5. The zero-order chi connectivity index (χ0) is 13.9. The van der Waals surface area contributed by atoms with E-state index in [9.17, 15) is 0 Å². The lowest BCUT2D eigenvalue weighted by Gasteiger charge is -2.26. The molecule has 2 aromatic heterocycles. The summed E-state index contributed by atoms with van der Waals surface area (Å²) in [7, 11) is 0. The van der Waals surface area contributed by atoms with Crippen molar-refractivity contribution in [3.05, 3.63) is 6.33 Å². The van der Waals surface area contributed by atoms with Crippen LogP contribution in [0.25, 0.3) is 11.2 Å². The summed E-state index contributed by atoms with van der Waals surface area (Å²) in [5, 5.41) is 15.5. The quantitative estimate of drug-likeness (QED) is 0.629. The van der Waals surface area contributed by atoms with E-state index in [2.05, 4.69) is 30.6 Å². The summed E-state index contributed by atoms with van der Waals surface area (Å²) in [4.78, 5) is 15.9. The third kappa shape index (κ3) is 3.11. The first-order valence-corrected chi connectivity index (χ1v) is 6.40. The van der Waals surface area contributed by atoms with Crippen molar-refractivity contribution in [1.82, 2.24) is 19.9 Å². The number of H-pyrrole nitrogens is 1. The van der Waals surface area contributed by atoms with E-state index in [1.165, 1.54) is 0 Å². The average Bonchev–Trinajstić information content (AvgIpc) is 2.77. The van der Waals surface area contributed by atoms with E-state index in [1.54, 1.807) is 6.33 Å². The summed E-state index contributed by atoms with van der Waals surface area (Å²) in [5.74, 6) is 1.24. The van der Waals surface area contributed by atoms with Crippen LogP contribution in [0.15, 0.2) is 6.33 Å². The lowest BCUT2D eigenvalue weighted by Crippen LogP contribution is -2.32. The lowest BCUT2D eigenvalue weighted by molar-refractivity contribution is 0.260. The molecule has 0 saturated carbocycles. The van der Waals surface area contributed by atoms with Gasteiger partial charge in [0.15, 0.2) is 11.5 Å². The molecule has 7 heteroatoms. The molecule has 0 atom stereocenters. The van der Waals surface area contributed by atoms with Gasteiger partial charge >= 0.3 is 0 Å². The second-order valence-corrected chi connectivity index (χ2v) is 5.01. The largest absolute Gasteiger partial charge is 0.396 e. The third-order valence-corrected chi connectivity index (χ3v) is 2.81. The monoisotopic (exact) mass is 264 g/mol. The number of aliphatic hydroxyl groups excluding tert-OH is 1. The van der Waals surface area contributed by atoms with Crippen molar-refractivity contribution in [3.63, 3.8) is 0 Å².